The molecule has 20 heavy (non-hydrogen) atoms. The lowest BCUT2D eigenvalue weighted by molar-refractivity contribution is -0.137. The number of halogens is 3. The van der Waals surface area contributed by atoms with Gasteiger partial charge in [-0.05, 0) is 25.1 Å². The van der Waals surface area contributed by atoms with E-state index in [0.29, 0.717) is 4.90 Å². The molecule has 0 aliphatic rings. The number of nitrogens with two attached hydrogens (primary N) is 2. The topological polar surface area (TPSA) is 98.2 Å². The zero-order valence-corrected chi connectivity index (χ0v) is 11.1. The van der Waals surface area contributed by atoms with E-state index in [4.69, 9.17) is 11.5 Å². The van der Waals surface area contributed by atoms with Crippen LogP contribution in [0.25, 0.3) is 0 Å². The van der Waals surface area contributed by atoms with Crippen molar-refractivity contribution in [3.05, 3.63) is 23.8 Å². The second-order valence-corrected chi connectivity index (χ2v) is 5.25. The molecule has 0 radical (unpaired) electrons. The van der Waals surface area contributed by atoms with Gasteiger partial charge in [-0.3, -0.25) is 10.1 Å². The third-order valence-corrected chi connectivity index (χ3v) is 3.45. The molecule has 0 saturated heterocycles. The number of rotatable bonds is 3. The summed E-state index contributed by atoms with van der Waals surface area (Å²) in [6, 6.07) is 1.85. The Morgan fingerprint density at radius 2 is 1.95 bits per heavy atom. The maximum atomic E-state index is 12.5. The van der Waals surface area contributed by atoms with Crippen LogP contribution in [-0.4, -0.2) is 17.2 Å². The second-order valence-electron chi connectivity index (χ2n) is 3.86. The molecule has 0 heterocycles. The summed E-state index contributed by atoms with van der Waals surface area (Å²) in [6.07, 6.45) is -4.48. The van der Waals surface area contributed by atoms with Gasteiger partial charge in [0.2, 0.25) is 5.91 Å². The highest BCUT2D eigenvalue weighted by molar-refractivity contribution is 8.00. The van der Waals surface area contributed by atoms with Crippen LogP contribution < -0.4 is 16.8 Å². The van der Waals surface area contributed by atoms with E-state index < -0.39 is 28.9 Å². The molecule has 1 aromatic rings. The molecule has 1 unspecified atom stereocenters. The molecule has 0 saturated carbocycles. The number of benzene rings is 1. The maximum absolute atomic E-state index is 12.5. The number of nitrogens with one attached hydrogen (secondary N) is 1. The van der Waals surface area contributed by atoms with Gasteiger partial charge in [-0.2, -0.15) is 13.2 Å². The molecular weight excluding hydrogens is 295 g/mol. The average molecular weight is 307 g/mol. The molecule has 0 fully saturated rings. The van der Waals surface area contributed by atoms with Crippen LogP contribution in [0.2, 0.25) is 0 Å². The fraction of sp³-hybridized carbons (Fsp3) is 0.273. The van der Waals surface area contributed by atoms with Crippen LogP contribution in [0, 0.1) is 0 Å². The Morgan fingerprint density at radius 3 is 2.40 bits per heavy atom. The van der Waals surface area contributed by atoms with Crippen LogP contribution in [0.3, 0.4) is 0 Å². The number of amides is 3. The Balaban J connectivity index is 2.84. The summed E-state index contributed by atoms with van der Waals surface area (Å²) >= 11 is 0.927. The van der Waals surface area contributed by atoms with E-state index in [2.05, 4.69) is 0 Å². The van der Waals surface area contributed by atoms with Crippen molar-refractivity contribution in [1.29, 1.82) is 0 Å². The summed E-state index contributed by atoms with van der Waals surface area (Å²) in [6.45, 7) is 1.47. The Morgan fingerprint density at radius 1 is 1.35 bits per heavy atom. The first-order chi connectivity index (χ1) is 9.11. The number of imide groups is 1. The van der Waals surface area contributed by atoms with Crippen molar-refractivity contribution in [3.8, 4) is 0 Å². The van der Waals surface area contributed by atoms with Crippen LogP contribution >= 0.6 is 11.8 Å². The van der Waals surface area contributed by atoms with Gasteiger partial charge in [-0.25, -0.2) is 4.79 Å². The van der Waals surface area contributed by atoms with Gasteiger partial charge >= 0.3 is 12.2 Å². The molecule has 5 N–H and O–H groups in total. The monoisotopic (exact) mass is 307 g/mol. The molecule has 1 atom stereocenters. The summed E-state index contributed by atoms with van der Waals surface area (Å²) in [7, 11) is 0. The zero-order chi connectivity index (χ0) is 15.5. The Labute approximate surface area is 116 Å². The van der Waals surface area contributed by atoms with E-state index in [1.807, 2.05) is 5.32 Å². The predicted octanol–water partition coefficient (Wildman–Crippen LogP) is 1.96. The highest BCUT2D eigenvalue weighted by atomic mass is 32.2. The van der Waals surface area contributed by atoms with Gasteiger partial charge in [0, 0.05) is 10.6 Å². The summed E-state index contributed by atoms with van der Waals surface area (Å²) in [5, 5.41) is 1.14. The first-order valence-electron chi connectivity index (χ1n) is 5.35. The number of hydrogen-bond donors (Lipinski definition) is 3. The minimum atomic E-state index is -4.48. The van der Waals surface area contributed by atoms with Crippen molar-refractivity contribution in [2.45, 2.75) is 23.2 Å². The summed E-state index contributed by atoms with van der Waals surface area (Å²) in [4.78, 5) is 22.3. The zero-order valence-electron chi connectivity index (χ0n) is 10.3. The number of thioether (sulfide) groups is 1. The van der Waals surface area contributed by atoms with E-state index in [1.54, 1.807) is 0 Å². The molecule has 110 valence electrons. The number of carbonyl (C=O) groups is 2. The van der Waals surface area contributed by atoms with Crippen LogP contribution in [0.4, 0.5) is 23.7 Å². The van der Waals surface area contributed by atoms with Crippen molar-refractivity contribution in [2.24, 2.45) is 5.73 Å². The average Bonchev–Trinajstić information content (AvgIpc) is 2.29. The first-order valence-corrected chi connectivity index (χ1v) is 6.23. The second kappa shape index (κ2) is 6.04. The Kier molecular flexibility index (Phi) is 4.88. The van der Waals surface area contributed by atoms with Crippen LogP contribution in [-0.2, 0) is 11.0 Å². The van der Waals surface area contributed by atoms with Gasteiger partial charge in [0.1, 0.15) is 0 Å². The number of carbonyl (C=O) groups excluding carboxylic acids is 2. The Hall–Kier alpha value is -1.90. The maximum Gasteiger partial charge on any atom is 0.416 e. The number of alkyl halides is 3. The van der Waals surface area contributed by atoms with Crippen molar-refractivity contribution >= 4 is 29.4 Å². The van der Waals surface area contributed by atoms with E-state index in [0.717, 1.165) is 23.9 Å². The third kappa shape index (κ3) is 4.34. The molecular formula is C11H12F3N3O2S. The minimum absolute atomic E-state index is 0.0939. The number of urea groups is 1. The van der Waals surface area contributed by atoms with Gasteiger partial charge in [-0.15, -0.1) is 11.8 Å². The number of hydrogen-bond acceptors (Lipinski definition) is 4. The summed E-state index contributed by atoms with van der Waals surface area (Å²) in [5.41, 5.74) is 9.35. The van der Waals surface area contributed by atoms with Crippen molar-refractivity contribution in [2.75, 3.05) is 5.73 Å². The molecule has 0 aliphatic carbocycles. The quantitative estimate of drug-likeness (QED) is 0.587. The normalized spacial score (nSPS) is 12.8. The molecule has 1 rings (SSSR count). The summed E-state index contributed by atoms with van der Waals surface area (Å²) < 4.78 is 37.4. The highest BCUT2D eigenvalue weighted by Gasteiger charge is 2.31. The van der Waals surface area contributed by atoms with E-state index in [-0.39, 0.29) is 5.69 Å². The fourth-order valence-corrected chi connectivity index (χ4v) is 2.19. The molecule has 9 heteroatoms. The largest absolute Gasteiger partial charge is 0.416 e. The molecule has 1 aromatic carbocycles. The number of nitrogen functional groups attached to an aromatic ring is 1. The number of primary amides is 1. The van der Waals surface area contributed by atoms with Gasteiger partial charge < -0.3 is 11.5 Å². The fourth-order valence-electron chi connectivity index (χ4n) is 1.30. The molecule has 5 nitrogen and oxygen atoms in total. The summed E-state index contributed by atoms with van der Waals surface area (Å²) in [5.74, 6) is -0.651. The van der Waals surface area contributed by atoms with Crippen LogP contribution in [0.15, 0.2) is 23.1 Å². The van der Waals surface area contributed by atoms with E-state index in [1.165, 1.54) is 13.0 Å². The van der Waals surface area contributed by atoms with Gasteiger partial charge in [-0.1, -0.05) is 0 Å². The van der Waals surface area contributed by atoms with Gasteiger partial charge in [0.15, 0.2) is 0 Å². The lowest BCUT2D eigenvalue weighted by Crippen LogP contribution is -2.39. The van der Waals surface area contributed by atoms with Gasteiger partial charge in [0.05, 0.1) is 10.8 Å². The van der Waals surface area contributed by atoms with E-state index in [9.17, 15) is 22.8 Å². The lowest BCUT2D eigenvalue weighted by Gasteiger charge is -2.13. The molecule has 0 aromatic heterocycles. The Bertz CT molecular complexity index is 534. The van der Waals surface area contributed by atoms with Crippen LogP contribution in [0.1, 0.15) is 12.5 Å². The number of anilines is 1. The van der Waals surface area contributed by atoms with Crippen LogP contribution in [0.5, 0.6) is 0 Å². The smallest absolute Gasteiger partial charge is 0.398 e. The third-order valence-electron chi connectivity index (χ3n) is 2.26. The van der Waals surface area contributed by atoms with Gasteiger partial charge in [0.25, 0.3) is 0 Å². The minimum Gasteiger partial charge on any atom is -0.398 e. The van der Waals surface area contributed by atoms with E-state index >= 15 is 0 Å². The highest BCUT2D eigenvalue weighted by Crippen LogP contribution is 2.35. The van der Waals surface area contributed by atoms with Crippen molar-refractivity contribution in [1.82, 2.24) is 5.32 Å². The first kappa shape index (κ1) is 16.2. The molecule has 0 bridgehead atoms. The molecule has 3 amide bonds. The molecule has 0 spiro atoms. The molecule has 0 aliphatic heterocycles. The van der Waals surface area contributed by atoms with Crippen molar-refractivity contribution < 1.29 is 22.8 Å². The SMILES string of the molecule is CC(Sc1ccc(C(F)(F)F)cc1N)C(=O)NC(N)=O. The lowest BCUT2D eigenvalue weighted by atomic mass is 10.2. The van der Waals surface area contributed by atoms with Crippen molar-refractivity contribution in [3.63, 3.8) is 0 Å². The predicted molar refractivity (Wildman–Crippen MR) is 68.9 cm³/mol. The standard InChI is InChI=1S/C11H12F3N3O2S/c1-5(9(18)17-10(16)19)20-8-3-2-6(4-7(8)15)11(12,13)14/h2-5H,15H2,1H3,(H3,16,17,18,19).